The van der Waals surface area contributed by atoms with E-state index in [-0.39, 0.29) is 18.3 Å². The Balaban J connectivity index is 2.59. The number of nitrogens with two attached hydrogens (primary N) is 1. The van der Waals surface area contributed by atoms with Gasteiger partial charge in [-0.3, -0.25) is 30.4 Å². The van der Waals surface area contributed by atoms with Crippen molar-refractivity contribution in [3.8, 4) is 0 Å². The predicted molar refractivity (Wildman–Crippen MR) is 71.1 cm³/mol. The number of nitrogens with one attached hydrogen (secondary N) is 2. The van der Waals surface area contributed by atoms with E-state index in [2.05, 4.69) is 20.7 Å². The third-order valence-electron chi connectivity index (χ3n) is 3.12. The Morgan fingerprint density at radius 1 is 1.52 bits per heavy atom. The SMILES string of the molecule is CC1(C)C(=O)NC(=O)CN1c1nc(NN)ncc1[N+](=O)[O-]. The lowest BCUT2D eigenvalue weighted by molar-refractivity contribution is -0.384. The number of amides is 2. The Labute approximate surface area is 118 Å². The molecule has 1 fully saturated rings. The van der Waals surface area contributed by atoms with Crippen LogP contribution in [0.2, 0.25) is 0 Å². The number of piperazine rings is 1. The van der Waals surface area contributed by atoms with Gasteiger partial charge in [0.15, 0.2) is 0 Å². The minimum atomic E-state index is -1.20. The number of imide groups is 1. The molecular weight excluding hydrogens is 282 g/mol. The number of hydrazine groups is 1. The number of carbonyl (C=O) groups is 2. The molecule has 1 aromatic heterocycles. The molecule has 1 aliphatic heterocycles. The third-order valence-corrected chi connectivity index (χ3v) is 3.12. The van der Waals surface area contributed by atoms with Crippen molar-refractivity contribution in [3.05, 3.63) is 16.3 Å². The Morgan fingerprint density at radius 2 is 2.19 bits per heavy atom. The van der Waals surface area contributed by atoms with E-state index < -0.39 is 28.0 Å². The van der Waals surface area contributed by atoms with Gasteiger partial charge in [-0.15, -0.1) is 0 Å². The van der Waals surface area contributed by atoms with Crippen LogP contribution in [0.25, 0.3) is 0 Å². The summed E-state index contributed by atoms with van der Waals surface area (Å²) in [4.78, 5) is 42.7. The number of rotatable bonds is 3. The molecule has 0 saturated carbocycles. The van der Waals surface area contributed by atoms with Crippen molar-refractivity contribution in [3.63, 3.8) is 0 Å². The largest absolute Gasteiger partial charge is 0.329 e. The van der Waals surface area contributed by atoms with Gasteiger partial charge in [-0.2, -0.15) is 4.98 Å². The molecule has 0 bridgehead atoms. The second-order valence-electron chi connectivity index (χ2n) is 4.83. The van der Waals surface area contributed by atoms with Gasteiger partial charge in [-0.05, 0) is 13.8 Å². The Kier molecular flexibility index (Phi) is 3.43. The number of nitrogen functional groups attached to an aromatic ring is 1. The van der Waals surface area contributed by atoms with Crippen LogP contribution < -0.4 is 21.5 Å². The molecule has 0 unspecified atom stereocenters. The number of nitrogens with zero attached hydrogens (tertiary/aromatic N) is 4. The van der Waals surface area contributed by atoms with Crippen LogP contribution in [0.15, 0.2) is 6.20 Å². The number of nitro groups is 1. The van der Waals surface area contributed by atoms with Crippen molar-refractivity contribution in [1.82, 2.24) is 15.3 Å². The maximum atomic E-state index is 11.9. The van der Waals surface area contributed by atoms with Gasteiger partial charge in [0.05, 0.1) is 4.92 Å². The van der Waals surface area contributed by atoms with E-state index in [0.717, 1.165) is 6.20 Å². The Bertz CT molecular complexity index is 630. The zero-order valence-electron chi connectivity index (χ0n) is 11.3. The van der Waals surface area contributed by atoms with E-state index in [0.29, 0.717) is 0 Å². The molecule has 1 aliphatic rings. The van der Waals surface area contributed by atoms with Crippen LogP contribution in [0, 0.1) is 10.1 Å². The van der Waals surface area contributed by atoms with Gasteiger partial charge in [-0.25, -0.2) is 10.8 Å². The zero-order valence-corrected chi connectivity index (χ0v) is 11.3. The van der Waals surface area contributed by atoms with Crippen LogP contribution in [-0.2, 0) is 9.59 Å². The highest BCUT2D eigenvalue weighted by atomic mass is 16.6. The fourth-order valence-corrected chi connectivity index (χ4v) is 1.89. The average molecular weight is 295 g/mol. The summed E-state index contributed by atoms with van der Waals surface area (Å²) in [7, 11) is 0. The molecule has 2 rings (SSSR count). The standard InChI is InChI=1S/C10H13N7O4/c1-10(2)8(19)13-6(18)4-16(10)7-5(17(20)21)3-12-9(14-7)15-11/h3H,4,11H2,1-2H3,(H,12,14,15)(H,13,18,19). The van der Waals surface area contributed by atoms with Crippen molar-refractivity contribution in [2.75, 3.05) is 16.9 Å². The van der Waals surface area contributed by atoms with Crippen molar-refractivity contribution < 1.29 is 14.5 Å². The first-order valence-corrected chi connectivity index (χ1v) is 5.87. The maximum Gasteiger partial charge on any atom is 0.329 e. The highest BCUT2D eigenvalue weighted by molar-refractivity contribution is 6.06. The first-order chi connectivity index (χ1) is 9.77. The van der Waals surface area contributed by atoms with Crippen molar-refractivity contribution >= 4 is 29.3 Å². The molecule has 1 saturated heterocycles. The first kappa shape index (κ1) is 14.6. The molecule has 2 amide bonds. The normalized spacial score (nSPS) is 17.4. The molecule has 0 atom stereocenters. The summed E-state index contributed by atoms with van der Waals surface area (Å²) >= 11 is 0. The van der Waals surface area contributed by atoms with Gasteiger partial charge < -0.3 is 4.90 Å². The smallest absolute Gasteiger partial charge is 0.327 e. The predicted octanol–water partition coefficient (Wildman–Crippen LogP) is -1.09. The lowest BCUT2D eigenvalue weighted by Gasteiger charge is -2.40. The highest BCUT2D eigenvalue weighted by Crippen LogP contribution is 2.32. The molecule has 4 N–H and O–H groups in total. The summed E-state index contributed by atoms with van der Waals surface area (Å²) in [6, 6.07) is 0. The Morgan fingerprint density at radius 3 is 2.76 bits per heavy atom. The maximum absolute atomic E-state index is 11.9. The third kappa shape index (κ3) is 2.45. The minimum absolute atomic E-state index is 0.0650. The van der Waals surface area contributed by atoms with Crippen molar-refractivity contribution in [2.45, 2.75) is 19.4 Å². The summed E-state index contributed by atoms with van der Waals surface area (Å²) < 4.78 is 0. The quantitative estimate of drug-likeness (QED) is 0.273. The summed E-state index contributed by atoms with van der Waals surface area (Å²) in [5, 5.41) is 13.3. The van der Waals surface area contributed by atoms with Crippen molar-refractivity contribution in [2.24, 2.45) is 5.84 Å². The molecule has 11 heteroatoms. The first-order valence-electron chi connectivity index (χ1n) is 5.87. The van der Waals surface area contributed by atoms with Gasteiger partial charge in [0.25, 0.3) is 5.91 Å². The molecule has 0 aliphatic carbocycles. The van der Waals surface area contributed by atoms with Crippen LogP contribution in [0.4, 0.5) is 17.5 Å². The van der Waals surface area contributed by atoms with E-state index in [4.69, 9.17) is 5.84 Å². The fraction of sp³-hybridized carbons (Fsp3) is 0.400. The molecule has 1 aromatic rings. The van der Waals surface area contributed by atoms with E-state index >= 15 is 0 Å². The molecule has 112 valence electrons. The summed E-state index contributed by atoms with van der Waals surface area (Å²) in [6.45, 7) is 2.80. The van der Waals surface area contributed by atoms with Crippen LogP contribution >= 0.6 is 0 Å². The average Bonchev–Trinajstić information content (AvgIpc) is 2.42. The highest BCUT2D eigenvalue weighted by Gasteiger charge is 2.44. The van der Waals surface area contributed by atoms with Gasteiger partial charge in [-0.1, -0.05) is 0 Å². The lowest BCUT2D eigenvalue weighted by atomic mass is 9.98. The van der Waals surface area contributed by atoms with Gasteiger partial charge in [0.1, 0.15) is 18.3 Å². The number of aromatic nitrogens is 2. The van der Waals surface area contributed by atoms with E-state index in [1.807, 2.05) is 0 Å². The number of anilines is 2. The van der Waals surface area contributed by atoms with E-state index in [9.17, 15) is 19.7 Å². The lowest BCUT2D eigenvalue weighted by Crippen LogP contribution is -2.64. The van der Waals surface area contributed by atoms with Gasteiger partial charge in [0.2, 0.25) is 17.7 Å². The molecule has 21 heavy (non-hydrogen) atoms. The second kappa shape index (κ2) is 4.94. The van der Waals surface area contributed by atoms with Gasteiger partial charge in [0, 0.05) is 0 Å². The number of carbonyl (C=O) groups excluding carboxylic acids is 2. The van der Waals surface area contributed by atoms with Crippen LogP contribution in [0.5, 0.6) is 0 Å². The molecule has 0 radical (unpaired) electrons. The zero-order chi connectivity index (χ0) is 15.8. The van der Waals surface area contributed by atoms with Crippen LogP contribution in [0.1, 0.15) is 13.8 Å². The number of hydrogen-bond acceptors (Lipinski definition) is 9. The number of hydrogen-bond donors (Lipinski definition) is 3. The topological polar surface area (TPSA) is 156 Å². The monoisotopic (exact) mass is 295 g/mol. The Hall–Kier alpha value is -2.82. The summed E-state index contributed by atoms with van der Waals surface area (Å²) in [6.07, 6.45) is 0.963. The second-order valence-corrected chi connectivity index (χ2v) is 4.83. The minimum Gasteiger partial charge on any atom is -0.327 e. The molecule has 0 spiro atoms. The molecule has 0 aromatic carbocycles. The fourth-order valence-electron chi connectivity index (χ4n) is 1.89. The summed E-state index contributed by atoms with van der Waals surface area (Å²) in [5.41, 5.74) is 0.544. The van der Waals surface area contributed by atoms with Crippen LogP contribution in [0.3, 0.4) is 0 Å². The van der Waals surface area contributed by atoms with Gasteiger partial charge >= 0.3 is 5.69 Å². The van der Waals surface area contributed by atoms with Crippen molar-refractivity contribution in [1.29, 1.82) is 0 Å². The van der Waals surface area contributed by atoms with Crippen LogP contribution in [-0.4, -0.2) is 38.8 Å². The van der Waals surface area contributed by atoms with E-state index in [1.54, 1.807) is 0 Å². The molecular formula is C10H13N7O4. The van der Waals surface area contributed by atoms with E-state index in [1.165, 1.54) is 18.7 Å². The molecule has 2 heterocycles. The summed E-state index contributed by atoms with van der Waals surface area (Å²) in [5.74, 6) is 3.82. The molecule has 11 nitrogen and oxygen atoms in total.